The van der Waals surface area contributed by atoms with Crippen LogP contribution in [-0.2, 0) is 16.1 Å². The summed E-state index contributed by atoms with van der Waals surface area (Å²) in [6.45, 7) is 9.17. The molecule has 1 aromatic carbocycles. The molecule has 0 bridgehead atoms. The maximum Gasteiger partial charge on any atom is 0.239 e. The number of guanidine groups is 1. The molecule has 3 N–H and O–H groups in total. The van der Waals surface area contributed by atoms with Crippen LogP contribution in [0, 0.1) is 6.92 Å². The Morgan fingerprint density at radius 2 is 1.90 bits per heavy atom. The Kier molecular flexibility index (Phi) is 14.3. The standard InChI is InChI=1S/C23H38N4O3.HI/c1-4-24-23(26-17-22(28)27-20-9-7-6-8-10-20)25-16-19-12-11-18(3)15-21(19)30-14-13-29-5-2;/h11-12,15,20H,4-10,13-14,16-17H2,1-3H3,(H,27,28)(H2,24,25,26);1H. The van der Waals surface area contributed by atoms with Crippen molar-refractivity contribution >= 4 is 35.8 Å². The van der Waals surface area contributed by atoms with Gasteiger partial charge in [0.1, 0.15) is 12.4 Å². The number of benzene rings is 1. The van der Waals surface area contributed by atoms with E-state index in [9.17, 15) is 4.79 Å². The molecule has 1 aliphatic carbocycles. The number of hydrogen-bond donors (Lipinski definition) is 3. The second-order valence-corrected chi connectivity index (χ2v) is 7.61. The van der Waals surface area contributed by atoms with Gasteiger partial charge >= 0.3 is 0 Å². The van der Waals surface area contributed by atoms with Crippen molar-refractivity contribution in [1.29, 1.82) is 0 Å². The minimum atomic E-state index is 0. The van der Waals surface area contributed by atoms with Crippen LogP contribution in [0.4, 0.5) is 0 Å². The highest BCUT2D eigenvalue weighted by atomic mass is 127. The van der Waals surface area contributed by atoms with Gasteiger partial charge in [-0.3, -0.25) is 4.79 Å². The van der Waals surface area contributed by atoms with Gasteiger partial charge in [0.25, 0.3) is 0 Å². The van der Waals surface area contributed by atoms with E-state index in [0.29, 0.717) is 38.4 Å². The van der Waals surface area contributed by atoms with E-state index in [1.54, 1.807) is 0 Å². The van der Waals surface area contributed by atoms with Crippen LogP contribution in [0.2, 0.25) is 0 Å². The molecule has 1 fully saturated rings. The fraction of sp³-hybridized carbons (Fsp3) is 0.652. The summed E-state index contributed by atoms with van der Waals surface area (Å²) in [4.78, 5) is 16.9. The number of nitrogens with one attached hydrogen (secondary N) is 3. The van der Waals surface area contributed by atoms with Crippen LogP contribution in [0.25, 0.3) is 0 Å². The van der Waals surface area contributed by atoms with Crippen LogP contribution in [0.5, 0.6) is 5.75 Å². The minimum Gasteiger partial charge on any atom is -0.491 e. The molecule has 8 heteroatoms. The fourth-order valence-electron chi connectivity index (χ4n) is 3.48. The van der Waals surface area contributed by atoms with E-state index in [1.807, 2.05) is 32.9 Å². The molecule has 176 valence electrons. The number of aryl methyl sites for hydroxylation is 1. The van der Waals surface area contributed by atoms with Crippen LogP contribution in [-0.4, -0.2) is 50.8 Å². The average molecular weight is 546 g/mol. The molecule has 1 saturated carbocycles. The van der Waals surface area contributed by atoms with Gasteiger partial charge in [-0.25, -0.2) is 4.99 Å². The maximum absolute atomic E-state index is 12.3. The molecule has 0 aromatic heterocycles. The molecule has 0 radical (unpaired) electrons. The molecule has 1 aromatic rings. The van der Waals surface area contributed by atoms with Gasteiger partial charge in [0.15, 0.2) is 5.96 Å². The smallest absolute Gasteiger partial charge is 0.239 e. The molecule has 0 heterocycles. The van der Waals surface area contributed by atoms with Crippen LogP contribution in [0.1, 0.15) is 57.1 Å². The first-order valence-electron chi connectivity index (χ1n) is 11.2. The monoisotopic (exact) mass is 546 g/mol. The summed E-state index contributed by atoms with van der Waals surface area (Å²) in [7, 11) is 0. The van der Waals surface area contributed by atoms with Crippen LogP contribution < -0.4 is 20.7 Å². The van der Waals surface area contributed by atoms with E-state index in [2.05, 4.69) is 27.0 Å². The van der Waals surface area contributed by atoms with E-state index < -0.39 is 0 Å². The Morgan fingerprint density at radius 1 is 1.13 bits per heavy atom. The quantitative estimate of drug-likeness (QED) is 0.171. The summed E-state index contributed by atoms with van der Waals surface area (Å²) in [6, 6.07) is 6.43. The van der Waals surface area contributed by atoms with Crippen molar-refractivity contribution in [3.8, 4) is 5.75 Å². The number of rotatable bonds is 11. The molecule has 0 atom stereocenters. The Labute approximate surface area is 204 Å². The van der Waals surface area contributed by atoms with Crippen LogP contribution in [0.15, 0.2) is 23.2 Å². The zero-order valence-corrected chi connectivity index (χ0v) is 21.5. The van der Waals surface area contributed by atoms with Gasteiger partial charge < -0.3 is 25.4 Å². The van der Waals surface area contributed by atoms with Crippen LogP contribution in [0.3, 0.4) is 0 Å². The zero-order chi connectivity index (χ0) is 21.6. The second-order valence-electron chi connectivity index (χ2n) is 7.61. The van der Waals surface area contributed by atoms with Crippen molar-refractivity contribution in [2.24, 2.45) is 4.99 Å². The van der Waals surface area contributed by atoms with Crippen molar-refractivity contribution in [2.75, 3.05) is 32.9 Å². The first-order valence-corrected chi connectivity index (χ1v) is 11.2. The predicted octanol–water partition coefficient (Wildman–Crippen LogP) is 3.53. The highest BCUT2D eigenvalue weighted by molar-refractivity contribution is 14.0. The third kappa shape index (κ3) is 11.0. The number of hydrogen-bond acceptors (Lipinski definition) is 4. The Balaban J connectivity index is 0.00000480. The Morgan fingerprint density at radius 3 is 2.61 bits per heavy atom. The second kappa shape index (κ2) is 16.1. The van der Waals surface area contributed by atoms with Crippen molar-refractivity contribution in [3.05, 3.63) is 29.3 Å². The van der Waals surface area contributed by atoms with E-state index in [0.717, 1.165) is 36.3 Å². The van der Waals surface area contributed by atoms with E-state index in [1.165, 1.54) is 19.3 Å². The van der Waals surface area contributed by atoms with Gasteiger partial charge in [-0.15, -0.1) is 24.0 Å². The van der Waals surface area contributed by atoms with Crippen molar-refractivity contribution in [1.82, 2.24) is 16.0 Å². The predicted molar refractivity (Wildman–Crippen MR) is 136 cm³/mol. The molecule has 1 aliphatic rings. The number of aliphatic imine (C=N–C) groups is 1. The third-order valence-corrected chi connectivity index (χ3v) is 5.05. The van der Waals surface area contributed by atoms with Gasteiger partial charge in [0.2, 0.25) is 5.91 Å². The minimum absolute atomic E-state index is 0. The SMILES string of the molecule is CCNC(=NCc1ccc(C)cc1OCCOCC)NCC(=O)NC1CCCCC1.I. The summed E-state index contributed by atoms with van der Waals surface area (Å²) in [6.07, 6.45) is 5.85. The lowest BCUT2D eigenvalue weighted by Gasteiger charge is -2.23. The lowest BCUT2D eigenvalue weighted by molar-refractivity contribution is -0.120. The highest BCUT2D eigenvalue weighted by Gasteiger charge is 2.15. The largest absolute Gasteiger partial charge is 0.491 e. The molecule has 7 nitrogen and oxygen atoms in total. The molecular weight excluding hydrogens is 507 g/mol. The molecule has 1 amide bonds. The number of carbonyl (C=O) groups is 1. The zero-order valence-electron chi connectivity index (χ0n) is 19.2. The van der Waals surface area contributed by atoms with Gasteiger partial charge in [0.05, 0.1) is 19.7 Å². The molecular formula is C23H39IN4O3. The van der Waals surface area contributed by atoms with Crippen LogP contribution >= 0.6 is 24.0 Å². The normalized spacial score (nSPS) is 14.5. The average Bonchev–Trinajstić information content (AvgIpc) is 2.75. The van der Waals surface area contributed by atoms with E-state index in [4.69, 9.17) is 9.47 Å². The summed E-state index contributed by atoms with van der Waals surface area (Å²) in [5, 5.41) is 9.46. The summed E-state index contributed by atoms with van der Waals surface area (Å²) in [5.41, 5.74) is 2.14. The van der Waals surface area contributed by atoms with Gasteiger partial charge in [-0.2, -0.15) is 0 Å². The fourth-order valence-corrected chi connectivity index (χ4v) is 3.48. The first-order chi connectivity index (χ1) is 14.6. The Hall–Kier alpha value is -1.55. The molecule has 0 saturated heterocycles. The summed E-state index contributed by atoms with van der Waals surface area (Å²) >= 11 is 0. The first kappa shape index (κ1) is 27.5. The van der Waals surface area contributed by atoms with Gasteiger partial charge in [0, 0.05) is 24.8 Å². The van der Waals surface area contributed by atoms with Crippen molar-refractivity contribution in [2.45, 2.75) is 65.5 Å². The molecule has 31 heavy (non-hydrogen) atoms. The van der Waals surface area contributed by atoms with Crippen molar-refractivity contribution < 1.29 is 14.3 Å². The number of nitrogens with zero attached hydrogens (tertiary/aromatic N) is 1. The maximum atomic E-state index is 12.3. The molecule has 2 rings (SSSR count). The van der Waals surface area contributed by atoms with E-state index in [-0.39, 0.29) is 36.4 Å². The molecule has 0 aliphatic heterocycles. The van der Waals surface area contributed by atoms with E-state index >= 15 is 0 Å². The number of amides is 1. The third-order valence-electron chi connectivity index (χ3n) is 5.05. The van der Waals surface area contributed by atoms with Crippen molar-refractivity contribution in [3.63, 3.8) is 0 Å². The number of carbonyl (C=O) groups excluding carboxylic acids is 1. The van der Waals surface area contributed by atoms with Gasteiger partial charge in [-0.05, 0) is 45.2 Å². The van der Waals surface area contributed by atoms with Gasteiger partial charge in [-0.1, -0.05) is 31.4 Å². The molecule has 0 spiro atoms. The summed E-state index contributed by atoms with van der Waals surface area (Å²) < 4.78 is 11.2. The topological polar surface area (TPSA) is 84.0 Å². The lowest BCUT2D eigenvalue weighted by atomic mass is 9.95. The molecule has 0 unspecified atom stereocenters. The summed E-state index contributed by atoms with van der Waals surface area (Å²) in [5.74, 6) is 1.46. The lowest BCUT2D eigenvalue weighted by Crippen LogP contribution is -2.46. The number of halogens is 1. The number of ether oxygens (including phenoxy) is 2. The Bertz CT molecular complexity index is 679. The highest BCUT2D eigenvalue weighted by Crippen LogP contribution is 2.21.